The number of carbonyl (C=O) groups is 1. The van der Waals surface area contributed by atoms with Gasteiger partial charge in [0.15, 0.2) is 0 Å². The molecule has 0 saturated heterocycles. The molecule has 0 heterocycles. The molecule has 0 bridgehead atoms. The van der Waals surface area contributed by atoms with Gasteiger partial charge in [0, 0.05) is 23.1 Å². The summed E-state index contributed by atoms with van der Waals surface area (Å²) < 4.78 is 31.1. The number of halogens is 1. The molecule has 0 radical (unpaired) electrons. The molecule has 5 nitrogen and oxygen atoms in total. The van der Waals surface area contributed by atoms with Crippen molar-refractivity contribution in [2.24, 2.45) is 0 Å². The van der Waals surface area contributed by atoms with Crippen LogP contribution in [0.15, 0.2) is 41.3 Å². The zero-order chi connectivity index (χ0) is 18.4. The van der Waals surface area contributed by atoms with E-state index in [1.54, 1.807) is 13.0 Å². The van der Waals surface area contributed by atoms with Crippen molar-refractivity contribution in [1.29, 1.82) is 5.26 Å². The predicted octanol–water partition coefficient (Wildman–Crippen LogP) is 3.63. The Kier molecular flexibility index (Phi) is 6.25. The second-order valence-electron chi connectivity index (χ2n) is 5.15. The largest absolute Gasteiger partial charge is 0.481 e. The van der Waals surface area contributed by atoms with Crippen LogP contribution >= 0.6 is 0 Å². The number of ether oxygens (including phenoxy) is 1. The summed E-state index contributed by atoms with van der Waals surface area (Å²) in [6, 6.07) is 10.4. The number of aliphatic carboxylic acids is 1. The molecule has 2 aromatic carbocycles. The molecular formula is C18H16FNO4S. The minimum atomic E-state index is -1.21. The summed E-state index contributed by atoms with van der Waals surface area (Å²) in [6.07, 6.45) is 0.0479. The highest BCUT2D eigenvalue weighted by Crippen LogP contribution is 2.30. The molecule has 0 aromatic heterocycles. The van der Waals surface area contributed by atoms with Crippen molar-refractivity contribution >= 4 is 16.8 Å². The number of nitrogens with zero attached hydrogens (tertiary/aromatic N) is 1. The molecule has 2 rings (SSSR count). The topological polar surface area (TPSA) is 87.4 Å². The standard InChI is InChI=1S/C18H16FNO4S/c1-2-25(23)15-6-7-16(13(9-15)11-20)24-17-10-14(19)5-3-12(17)4-8-18(21)22/h3,5-7,9-10H,2,4,8H2,1H3,(H,21,22). The van der Waals surface area contributed by atoms with E-state index in [2.05, 4.69) is 0 Å². The van der Waals surface area contributed by atoms with Gasteiger partial charge in [-0.15, -0.1) is 0 Å². The highest BCUT2D eigenvalue weighted by Gasteiger charge is 2.13. The summed E-state index contributed by atoms with van der Waals surface area (Å²) in [7, 11) is -1.21. The number of carboxylic acid groups (broad SMARTS) is 1. The van der Waals surface area contributed by atoms with Gasteiger partial charge in [0.2, 0.25) is 0 Å². The smallest absolute Gasteiger partial charge is 0.303 e. The first-order valence-electron chi connectivity index (χ1n) is 7.55. The van der Waals surface area contributed by atoms with Gasteiger partial charge in [0.05, 0.1) is 16.4 Å². The number of hydrogen-bond donors (Lipinski definition) is 1. The fourth-order valence-electron chi connectivity index (χ4n) is 2.18. The van der Waals surface area contributed by atoms with Crippen molar-refractivity contribution in [3.05, 3.63) is 53.3 Å². The van der Waals surface area contributed by atoms with Gasteiger partial charge < -0.3 is 9.84 Å². The van der Waals surface area contributed by atoms with E-state index in [4.69, 9.17) is 9.84 Å². The van der Waals surface area contributed by atoms with E-state index in [1.807, 2.05) is 6.07 Å². The van der Waals surface area contributed by atoms with Crippen molar-refractivity contribution in [1.82, 2.24) is 0 Å². The lowest BCUT2D eigenvalue weighted by Crippen LogP contribution is -2.01. The lowest BCUT2D eigenvalue weighted by atomic mass is 10.1. The maximum absolute atomic E-state index is 13.5. The molecule has 1 N–H and O–H groups in total. The molecule has 2 aromatic rings. The van der Waals surface area contributed by atoms with Gasteiger partial charge in [-0.2, -0.15) is 5.26 Å². The highest BCUT2D eigenvalue weighted by atomic mass is 32.2. The zero-order valence-corrected chi connectivity index (χ0v) is 14.3. The third kappa shape index (κ3) is 4.88. The van der Waals surface area contributed by atoms with E-state index >= 15 is 0 Å². The van der Waals surface area contributed by atoms with Gasteiger partial charge in [-0.1, -0.05) is 13.0 Å². The van der Waals surface area contributed by atoms with Gasteiger partial charge in [-0.05, 0) is 36.2 Å². The Morgan fingerprint density at radius 3 is 2.68 bits per heavy atom. The van der Waals surface area contributed by atoms with E-state index < -0.39 is 22.6 Å². The van der Waals surface area contributed by atoms with Crippen LogP contribution in [0.5, 0.6) is 11.5 Å². The van der Waals surface area contributed by atoms with Crippen LogP contribution in [0.25, 0.3) is 0 Å². The third-order valence-corrected chi connectivity index (χ3v) is 4.76. The van der Waals surface area contributed by atoms with Gasteiger partial charge in [-0.3, -0.25) is 9.00 Å². The van der Waals surface area contributed by atoms with Crippen LogP contribution in [0.3, 0.4) is 0 Å². The molecule has 0 spiro atoms. The molecule has 1 unspecified atom stereocenters. The molecule has 7 heteroatoms. The number of nitriles is 1. The molecule has 0 aliphatic heterocycles. The maximum atomic E-state index is 13.5. The molecule has 0 aliphatic carbocycles. The molecule has 0 saturated carbocycles. The Balaban J connectivity index is 2.36. The van der Waals surface area contributed by atoms with E-state index in [9.17, 15) is 18.7 Å². The second-order valence-corrected chi connectivity index (χ2v) is 6.89. The van der Waals surface area contributed by atoms with Crippen LogP contribution in [-0.4, -0.2) is 21.0 Å². The molecule has 1 atom stereocenters. The van der Waals surface area contributed by atoms with Crippen molar-refractivity contribution in [2.75, 3.05) is 5.75 Å². The average molecular weight is 361 g/mol. The fourth-order valence-corrected chi connectivity index (χ4v) is 2.99. The van der Waals surface area contributed by atoms with Gasteiger partial charge in [0.1, 0.15) is 23.4 Å². The fraction of sp³-hybridized carbons (Fsp3) is 0.222. The molecular weight excluding hydrogens is 345 g/mol. The summed E-state index contributed by atoms with van der Waals surface area (Å²) >= 11 is 0. The Morgan fingerprint density at radius 2 is 2.04 bits per heavy atom. The van der Waals surface area contributed by atoms with Crippen molar-refractivity contribution in [3.63, 3.8) is 0 Å². The quantitative estimate of drug-likeness (QED) is 0.813. The average Bonchev–Trinajstić information content (AvgIpc) is 2.60. The molecule has 130 valence electrons. The third-order valence-electron chi connectivity index (χ3n) is 3.45. The van der Waals surface area contributed by atoms with Crippen LogP contribution in [0, 0.1) is 17.1 Å². The first-order valence-corrected chi connectivity index (χ1v) is 8.87. The summed E-state index contributed by atoms with van der Waals surface area (Å²) in [6.45, 7) is 1.77. The monoisotopic (exact) mass is 361 g/mol. The second kappa shape index (κ2) is 8.40. The number of carboxylic acids is 1. The van der Waals surface area contributed by atoms with Crippen LogP contribution < -0.4 is 4.74 Å². The number of benzene rings is 2. The normalized spacial score (nSPS) is 11.6. The lowest BCUT2D eigenvalue weighted by molar-refractivity contribution is -0.136. The Morgan fingerprint density at radius 1 is 1.28 bits per heavy atom. The zero-order valence-electron chi connectivity index (χ0n) is 13.5. The van der Waals surface area contributed by atoms with Crippen LogP contribution in [0.2, 0.25) is 0 Å². The first kappa shape index (κ1) is 18.6. The Labute approximate surface area is 147 Å². The van der Waals surface area contributed by atoms with Crippen LogP contribution in [0.1, 0.15) is 24.5 Å². The van der Waals surface area contributed by atoms with E-state index in [0.717, 1.165) is 6.07 Å². The molecule has 0 aliphatic rings. The Hall–Kier alpha value is -2.72. The minimum absolute atomic E-state index is 0.123. The van der Waals surface area contributed by atoms with Crippen molar-refractivity contribution < 1.29 is 23.2 Å². The number of rotatable bonds is 7. The summed E-state index contributed by atoms with van der Waals surface area (Å²) in [4.78, 5) is 11.3. The van der Waals surface area contributed by atoms with Gasteiger partial charge in [-0.25, -0.2) is 4.39 Å². The van der Waals surface area contributed by atoms with Crippen LogP contribution in [-0.2, 0) is 22.0 Å². The van der Waals surface area contributed by atoms with Crippen molar-refractivity contribution in [2.45, 2.75) is 24.7 Å². The van der Waals surface area contributed by atoms with Gasteiger partial charge in [0.25, 0.3) is 0 Å². The van der Waals surface area contributed by atoms with E-state index in [-0.39, 0.29) is 29.9 Å². The highest BCUT2D eigenvalue weighted by molar-refractivity contribution is 7.85. The summed E-state index contributed by atoms with van der Waals surface area (Å²) in [5.74, 6) is -0.729. The van der Waals surface area contributed by atoms with E-state index in [0.29, 0.717) is 16.2 Å². The predicted molar refractivity (Wildman–Crippen MR) is 90.5 cm³/mol. The molecule has 25 heavy (non-hydrogen) atoms. The number of hydrogen-bond acceptors (Lipinski definition) is 4. The SMILES string of the molecule is CCS(=O)c1ccc(Oc2cc(F)ccc2CCC(=O)O)c(C#N)c1. The Bertz CT molecular complexity index is 861. The van der Waals surface area contributed by atoms with Crippen LogP contribution in [0.4, 0.5) is 4.39 Å². The summed E-state index contributed by atoms with van der Waals surface area (Å²) in [5.41, 5.74) is 0.696. The van der Waals surface area contributed by atoms with E-state index in [1.165, 1.54) is 24.3 Å². The number of aryl methyl sites for hydroxylation is 1. The maximum Gasteiger partial charge on any atom is 0.303 e. The molecule has 0 fully saturated rings. The first-order chi connectivity index (χ1) is 11.9. The van der Waals surface area contributed by atoms with Gasteiger partial charge >= 0.3 is 5.97 Å². The van der Waals surface area contributed by atoms with Crippen molar-refractivity contribution in [3.8, 4) is 17.6 Å². The lowest BCUT2D eigenvalue weighted by Gasteiger charge is -2.12. The summed E-state index contributed by atoms with van der Waals surface area (Å²) in [5, 5.41) is 18.1. The minimum Gasteiger partial charge on any atom is -0.481 e. The molecule has 0 amide bonds.